The first-order valence-electron chi connectivity index (χ1n) is 4.65. The first kappa shape index (κ1) is 13.4. The van der Waals surface area contributed by atoms with Crippen LogP contribution in [0.4, 0.5) is 0 Å². The van der Waals surface area contributed by atoms with Gasteiger partial charge in [0.25, 0.3) is 0 Å². The average molecular weight is 206 g/mol. The molecule has 84 valence electrons. The van der Waals surface area contributed by atoms with Gasteiger partial charge in [-0.3, -0.25) is 4.79 Å². The summed E-state index contributed by atoms with van der Waals surface area (Å²) in [5.74, 6) is -1.88. The molecule has 0 aliphatic carbocycles. The van der Waals surface area contributed by atoms with Gasteiger partial charge in [0, 0.05) is 12.5 Å². The van der Waals surface area contributed by atoms with Crippen LogP contribution < -0.4 is 0 Å². The number of carboxylic acid groups (broad SMARTS) is 1. The van der Waals surface area contributed by atoms with Crippen molar-refractivity contribution in [2.24, 2.45) is 11.3 Å². The van der Waals surface area contributed by atoms with Crippen molar-refractivity contribution in [3.8, 4) is 0 Å². The maximum Gasteiger partial charge on any atom is 0.314 e. The third-order valence-electron chi connectivity index (χ3n) is 2.63. The fourth-order valence-corrected chi connectivity index (χ4v) is 1.51. The number of aliphatic hydroxyl groups is 3. The Morgan fingerprint density at radius 3 is 2.00 bits per heavy atom. The lowest BCUT2D eigenvalue weighted by Crippen LogP contribution is -2.46. The second kappa shape index (κ2) is 5.95. The van der Waals surface area contributed by atoms with Gasteiger partial charge in [-0.25, -0.2) is 0 Å². The molecule has 0 spiro atoms. The summed E-state index contributed by atoms with van der Waals surface area (Å²) >= 11 is 0. The number of aliphatic hydroxyl groups excluding tert-OH is 3. The molecular formula is C9H18O5. The van der Waals surface area contributed by atoms with Crippen LogP contribution in [0.2, 0.25) is 0 Å². The fraction of sp³-hybridized carbons (Fsp3) is 0.889. The molecule has 0 aromatic carbocycles. The third kappa shape index (κ3) is 2.43. The van der Waals surface area contributed by atoms with Crippen molar-refractivity contribution < 1.29 is 25.2 Å². The van der Waals surface area contributed by atoms with E-state index in [0.29, 0.717) is 12.8 Å². The Balaban J connectivity index is 4.82. The zero-order valence-electron chi connectivity index (χ0n) is 8.31. The summed E-state index contributed by atoms with van der Waals surface area (Å²) in [7, 11) is 0. The maximum absolute atomic E-state index is 10.9. The van der Waals surface area contributed by atoms with Crippen LogP contribution in [0, 0.1) is 11.3 Å². The monoisotopic (exact) mass is 206 g/mol. The summed E-state index contributed by atoms with van der Waals surface area (Å²) in [6, 6.07) is 0. The van der Waals surface area contributed by atoms with Crippen molar-refractivity contribution in [3.63, 3.8) is 0 Å². The molecule has 0 heterocycles. The number of rotatable bonds is 7. The number of aliphatic carboxylic acids is 1. The van der Waals surface area contributed by atoms with Gasteiger partial charge in [0.15, 0.2) is 0 Å². The highest BCUT2D eigenvalue weighted by Gasteiger charge is 2.44. The Morgan fingerprint density at radius 1 is 1.29 bits per heavy atom. The molecule has 0 saturated carbocycles. The highest BCUT2D eigenvalue weighted by Crippen LogP contribution is 2.30. The first-order chi connectivity index (χ1) is 6.58. The predicted octanol–water partition coefficient (Wildman–Crippen LogP) is -0.549. The quantitative estimate of drug-likeness (QED) is 0.448. The van der Waals surface area contributed by atoms with E-state index >= 15 is 0 Å². The normalized spacial score (nSPS) is 14.0. The molecule has 0 aliphatic heterocycles. The van der Waals surface area contributed by atoms with Gasteiger partial charge in [-0.2, -0.15) is 0 Å². The van der Waals surface area contributed by atoms with E-state index in [1.165, 1.54) is 0 Å². The van der Waals surface area contributed by atoms with Gasteiger partial charge in [-0.1, -0.05) is 13.3 Å². The minimum atomic E-state index is -1.62. The Hall–Kier alpha value is -0.650. The summed E-state index contributed by atoms with van der Waals surface area (Å²) < 4.78 is 0. The minimum absolute atomic E-state index is 0.346. The Morgan fingerprint density at radius 2 is 1.79 bits per heavy atom. The van der Waals surface area contributed by atoms with Crippen LogP contribution in [0.5, 0.6) is 0 Å². The Kier molecular flexibility index (Phi) is 5.68. The predicted molar refractivity (Wildman–Crippen MR) is 49.7 cm³/mol. The van der Waals surface area contributed by atoms with E-state index < -0.39 is 30.5 Å². The van der Waals surface area contributed by atoms with E-state index in [1.54, 1.807) is 0 Å². The van der Waals surface area contributed by atoms with Gasteiger partial charge >= 0.3 is 5.97 Å². The number of hydrogen-bond acceptors (Lipinski definition) is 4. The zero-order chi connectivity index (χ0) is 11.2. The number of hydrogen-bond donors (Lipinski definition) is 4. The van der Waals surface area contributed by atoms with E-state index in [4.69, 9.17) is 20.4 Å². The summed E-state index contributed by atoms with van der Waals surface area (Å²) in [6.07, 6.45) is 1.16. The summed E-state index contributed by atoms with van der Waals surface area (Å²) in [6.45, 7) is 0.180. The molecule has 1 unspecified atom stereocenters. The summed E-state index contributed by atoms with van der Waals surface area (Å²) in [5.41, 5.74) is -1.62. The highest BCUT2D eigenvalue weighted by molar-refractivity contribution is 5.75. The van der Waals surface area contributed by atoms with Crippen molar-refractivity contribution >= 4 is 5.97 Å². The Labute approximate surface area is 83.0 Å². The average Bonchev–Trinajstić information content (AvgIpc) is 2.18. The maximum atomic E-state index is 10.9. The molecule has 0 amide bonds. The van der Waals surface area contributed by atoms with Gasteiger partial charge < -0.3 is 20.4 Å². The molecule has 0 saturated heterocycles. The van der Waals surface area contributed by atoms with E-state index in [-0.39, 0.29) is 6.61 Å². The standard InChI is InChI=1S/C9H18O5/c1-2-3-7(4-10)9(5-11,6-12)8(13)14/h7,10-12H,2-6H2,1H3,(H,13,14). The molecular weight excluding hydrogens is 188 g/mol. The SMILES string of the molecule is CCCC(CO)C(CO)(CO)C(=O)O. The molecule has 0 aromatic heterocycles. The molecule has 0 fully saturated rings. The summed E-state index contributed by atoms with van der Waals surface area (Å²) in [4.78, 5) is 10.9. The molecule has 0 aliphatic rings. The zero-order valence-corrected chi connectivity index (χ0v) is 8.31. The van der Waals surface area contributed by atoms with Crippen molar-refractivity contribution in [3.05, 3.63) is 0 Å². The van der Waals surface area contributed by atoms with Gasteiger partial charge in [0.05, 0.1) is 13.2 Å². The van der Waals surface area contributed by atoms with Crippen LogP contribution in [0.1, 0.15) is 19.8 Å². The van der Waals surface area contributed by atoms with Crippen molar-refractivity contribution in [1.82, 2.24) is 0 Å². The first-order valence-corrected chi connectivity index (χ1v) is 4.65. The van der Waals surface area contributed by atoms with Crippen molar-refractivity contribution in [1.29, 1.82) is 0 Å². The van der Waals surface area contributed by atoms with Crippen LogP contribution in [0.25, 0.3) is 0 Å². The van der Waals surface area contributed by atoms with E-state index in [0.717, 1.165) is 0 Å². The van der Waals surface area contributed by atoms with Gasteiger partial charge in [0.1, 0.15) is 5.41 Å². The van der Waals surface area contributed by atoms with Crippen LogP contribution in [-0.4, -0.2) is 46.2 Å². The fourth-order valence-electron chi connectivity index (χ4n) is 1.51. The second-order valence-corrected chi connectivity index (χ2v) is 3.45. The van der Waals surface area contributed by atoms with E-state index in [1.807, 2.05) is 6.92 Å². The van der Waals surface area contributed by atoms with E-state index in [2.05, 4.69) is 0 Å². The largest absolute Gasteiger partial charge is 0.481 e. The lowest BCUT2D eigenvalue weighted by molar-refractivity contribution is -0.162. The molecule has 0 bridgehead atoms. The number of carbonyl (C=O) groups is 1. The van der Waals surface area contributed by atoms with Crippen molar-refractivity contribution in [2.75, 3.05) is 19.8 Å². The lowest BCUT2D eigenvalue weighted by Gasteiger charge is -2.32. The topological polar surface area (TPSA) is 98.0 Å². The van der Waals surface area contributed by atoms with Crippen LogP contribution in [0.3, 0.4) is 0 Å². The third-order valence-corrected chi connectivity index (χ3v) is 2.63. The Bertz CT molecular complexity index is 176. The molecule has 5 nitrogen and oxygen atoms in total. The van der Waals surface area contributed by atoms with Gasteiger partial charge in [-0.15, -0.1) is 0 Å². The van der Waals surface area contributed by atoms with Gasteiger partial charge in [-0.05, 0) is 6.42 Å². The molecule has 1 atom stereocenters. The minimum Gasteiger partial charge on any atom is -0.481 e. The second-order valence-electron chi connectivity index (χ2n) is 3.45. The number of carboxylic acids is 1. The van der Waals surface area contributed by atoms with Crippen LogP contribution in [-0.2, 0) is 4.79 Å². The summed E-state index contributed by atoms with van der Waals surface area (Å²) in [5, 5.41) is 36.0. The molecule has 5 heteroatoms. The van der Waals surface area contributed by atoms with Crippen molar-refractivity contribution in [2.45, 2.75) is 19.8 Å². The molecule has 0 radical (unpaired) electrons. The molecule has 0 aromatic rings. The molecule has 0 rings (SSSR count). The van der Waals surface area contributed by atoms with Crippen LogP contribution in [0.15, 0.2) is 0 Å². The lowest BCUT2D eigenvalue weighted by atomic mass is 9.74. The highest BCUT2D eigenvalue weighted by atomic mass is 16.4. The van der Waals surface area contributed by atoms with Crippen LogP contribution >= 0.6 is 0 Å². The smallest absolute Gasteiger partial charge is 0.314 e. The van der Waals surface area contributed by atoms with E-state index in [9.17, 15) is 4.79 Å². The molecule has 4 N–H and O–H groups in total. The van der Waals surface area contributed by atoms with Gasteiger partial charge in [0.2, 0.25) is 0 Å². The molecule has 14 heavy (non-hydrogen) atoms.